The molecule has 0 spiro atoms. The summed E-state index contributed by atoms with van der Waals surface area (Å²) >= 11 is 1.38. The van der Waals surface area contributed by atoms with Gasteiger partial charge in [0.25, 0.3) is 11.8 Å². The van der Waals surface area contributed by atoms with Gasteiger partial charge in [-0.3, -0.25) is 14.4 Å². The number of carbonyl (C=O) groups is 3. The Bertz CT molecular complexity index is 1640. The zero-order chi connectivity index (χ0) is 31.5. The summed E-state index contributed by atoms with van der Waals surface area (Å²) in [5.74, 6) is 0.577. The average molecular weight is 612 g/mol. The van der Waals surface area contributed by atoms with E-state index in [9.17, 15) is 14.4 Å². The van der Waals surface area contributed by atoms with E-state index in [0.717, 1.165) is 4.90 Å². The summed E-state index contributed by atoms with van der Waals surface area (Å²) in [5, 5.41) is 8.07. The SMILES string of the molecule is COc1cccc(NC(=O)C(C)Sc2ccc(NC(=O)/C(=C/c3cc(OC)ccc3OC)NC(=O)c3ccccc3)cc2)c1. The highest BCUT2D eigenvalue weighted by Crippen LogP contribution is 2.28. The van der Waals surface area contributed by atoms with Crippen LogP contribution in [0.1, 0.15) is 22.8 Å². The van der Waals surface area contributed by atoms with Crippen molar-refractivity contribution in [2.24, 2.45) is 0 Å². The van der Waals surface area contributed by atoms with E-state index in [-0.39, 0.29) is 16.9 Å². The highest BCUT2D eigenvalue weighted by molar-refractivity contribution is 8.00. The van der Waals surface area contributed by atoms with Crippen LogP contribution in [0.2, 0.25) is 0 Å². The molecule has 4 rings (SSSR count). The summed E-state index contributed by atoms with van der Waals surface area (Å²) in [5.41, 5.74) is 2.10. The Morgan fingerprint density at radius 1 is 0.727 bits per heavy atom. The number of ether oxygens (including phenoxy) is 3. The zero-order valence-electron chi connectivity index (χ0n) is 24.8. The third kappa shape index (κ3) is 8.65. The van der Waals surface area contributed by atoms with Gasteiger partial charge in [0.1, 0.15) is 22.9 Å². The first kappa shape index (κ1) is 31.7. The number of carbonyl (C=O) groups excluding carboxylic acids is 3. The predicted octanol–water partition coefficient (Wildman–Crippen LogP) is 6.24. The molecular formula is C34H33N3O6S. The third-order valence-electron chi connectivity index (χ3n) is 6.40. The third-order valence-corrected chi connectivity index (χ3v) is 7.51. The number of hydrogen-bond acceptors (Lipinski definition) is 7. The summed E-state index contributed by atoms with van der Waals surface area (Å²) in [7, 11) is 4.63. The van der Waals surface area contributed by atoms with Gasteiger partial charge >= 0.3 is 0 Å². The molecular weight excluding hydrogens is 578 g/mol. The van der Waals surface area contributed by atoms with E-state index in [1.165, 1.54) is 32.1 Å². The number of anilines is 2. The smallest absolute Gasteiger partial charge is 0.272 e. The van der Waals surface area contributed by atoms with E-state index in [1.807, 2.05) is 19.1 Å². The zero-order valence-corrected chi connectivity index (χ0v) is 25.6. The minimum Gasteiger partial charge on any atom is -0.497 e. The fourth-order valence-corrected chi connectivity index (χ4v) is 4.94. The molecule has 44 heavy (non-hydrogen) atoms. The topological polar surface area (TPSA) is 115 Å². The maximum absolute atomic E-state index is 13.5. The maximum atomic E-state index is 13.5. The predicted molar refractivity (Wildman–Crippen MR) is 173 cm³/mol. The lowest BCUT2D eigenvalue weighted by Crippen LogP contribution is -2.30. The van der Waals surface area contributed by atoms with Gasteiger partial charge < -0.3 is 30.2 Å². The molecule has 0 bridgehead atoms. The molecule has 0 radical (unpaired) electrons. The summed E-state index contributed by atoms with van der Waals surface area (Å²) < 4.78 is 16.0. The standard InChI is InChI=1S/C34H33N3O6S/c1-22(32(38)36-26-11-8-12-27(21-26)41-2)44-29-16-13-25(14-17-29)35-34(40)30(37-33(39)23-9-6-5-7-10-23)20-24-19-28(42-3)15-18-31(24)43-4/h5-22H,1-4H3,(H,35,40)(H,36,38)(H,37,39)/b30-20-. The van der Waals surface area contributed by atoms with E-state index >= 15 is 0 Å². The summed E-state index contributed by atoms with van der Waals surface area (Å²) in [6.45, 7) is 1.81. The van der Waals surface area contributed by atoms with Crippen molar-refractivity contribution in [1.82, 2.24) is 5.32 Å². The lowest BCUT2D eigenvalue weighted by Gasteiger charge is -2.14. The Labute approximate surface area is 260 Å². The lowest BCUT2D eigenvalue weighted by atomic mass is 10.1. The Kier molecular flexibility index (Phi) is 11.0. The van der Waals surface area contributed by atoms with Crippen molar-refractivity contribution < 1.29 is 28.6 Å². The van der Waals surface area contributed by atoms with Crippen molar-refractivity contribution >= 4 is 46.9 Å². The molecule has 4 aromatic rings. The molecule has 0 heterocycles. The normalized spacial score (nSPS) is 11.6. The van der Waals surface area contributed by atoms with Gasteiger partial charge in [0, 0.05) is 33.5 Å². The Morgan fingerprint density at radius 2 is 1.43 bits per heavy atom. The van der Waals surface area contributed by atoms with Crippen LogP contribution in [-0.4, -0.2) is 44.3 Å². The number of methoxy groups -OCH3 is 3. The molecule has 3 amide bonds. The van der Waals surface area contributed by atoms with Crippen molar-refractivity contribution in [3.8, 4) is 17.2 Å². The van der Waals surface area contributed by atoms with Crippen LogP contribution in [0.15, 0.2) is 108 Å². The molecule has 0 fully saturated rings. The second kappa shape index (κ2) is 15.3. The van der Waals surface area contributed by atoms with Gasteiger partial charge in [0.05, 0.1) is 26.6 Å². The summed E-state index contributed by atoms with van der Waals surface area (Å²) in [4.78, 5) is 40.1. The highest BCUT2D eigenvalue weighted by Gasteiger charge is 2.18. The second-order valence-electron chi connectivity index (χ2n) is 9.45. The average Bonchev–Trinajstić information content (AvgIpc) is 3.05. The molecule has 0 saturated heterocycles. The number of hydrogen-bond donors (Lipinski definition) is 3. The van der Waals surface area contributed by atoms with E-state index in [2.05, 4.69) is 16.0 Å². The van der Waals surface area contributed by atoms with Crippen LogP contribution in [0.5, 0.6) is 17.2 Å². The van der Waals surface area contributed by atoms with Crippen LogP contribution in [-0.2, 0) is 9.59 Å². The van der Waals surface area contributed by atoms with Crippen LogP contribution < -0.4 is 30.2 Å². The molecule has 0 aromatic heterocycles. The monoisotopic (exact) mass is 611 g/mol. The van der Waals surface area contributed by atoms with Gasteiger partial charge in [-0.15, -0.1) is 11.8 Å². The van der Waals surface area contributed by atoms with Crippen LogP contribution in [0.3, 0.4) is 0 Å². The van der Waals surface area contributed by atoms with Gasteiger partial charge in [-0.05, 0) is 79.7 Å². The van der Waals surface area contributed by atoms with Crippen LogP contribution in [0, 0.1) is 0 Å². The second-order valence-corrected chi connectivity index (χ2v) is 10.9. The molecule has 0 saturated carbocycles. The molecule has 10 heteroatoms. The molecule has 1 atom stereocenters. The largest absolute Gasteiger partial charge is 0.497 e. The van der Waals surface area contributed by atoms with Gasteiger partial charge in [0.15, 0.2) is 0 Å². The van der Waals surface area contributed by atoms with E-state index in [1.54, 1.807) is 92.0 Å². The Morgan fingerprint density at radius 3 is 2.11 bits per heavy atom. The minimum absolute atomic E-state index is 0.00620. The van der Waals surface area contributed by atoms with Crippen molar-refractivity contribution in [3.05, 3.63) is 114 Å². The summed E-state index contributed by atoms with van der Waals surface area (Å²) in [6, 6.07) is 28.0. The van der Waals surface area contributed by atoms with Gasteiger partial charge in [-0.1, -0.05) is 24.3 Å². The lowest BCUT2D eigenvalue weighted by molar-refractivity contribution is -0.115. The van der Waals surface area contributed by atoms with Crippen molar-refractivity contribution in [1.29, 1.82) is 0 Å². The van der Waals surface area contributed by atoms with Gasteiger partial charge in [-0.2, -0.15) is 0 Å². The van der Waals surface area contributed by atoms with E-state index in [0.29, 0.717) is 39.8 Å². The Hall–Kier alpha value is -5.22. The first-order valence-electron chi connectivity index (χ1n) is 13.6. The molecule has 1 unspecified atom stereocenters. The number of nitrogens with one attached hydrogen (secondary N) is 3. The molecule has 4 aromatic carbocycles. The fourth-order valence-electron chi connectivity index (χ4n) is 4.07. The number of benzene rings is 4. The van der Waals surface area contributed by atoms with Crippen molar-refractivity contribution in [2.75, 3.05) is 32.0 Å². The molecule has 3 N–H and O–H groups in total. The van der Waals surface area contributed by atoms with Gasteiger partial charge in [0.2, 0.25) is 5.91 Å². The molecule has 226 valence electrons. The fraction of sp³-hybridized carbons (Fsp3) is 0.147. The Balaban J connectivity index is 1.48. The number of rotatable bonds is 12. The summed E-state index contributed by atoms with van der Waals surface area (Å²) in [6.07, 6.45) is 1.53. The molecule has 9 nitrogen and oxygen atoms in total. The number of thioether (sulfide) groups is 1. The van der Waals surface area contributed by atoms with Crippen LogP contribution >= 0.6 is 11.8 Å². The number of amides is 3. The maximum Gasteiger partial charge on any atom is 0.272 e. The minimum atomic E-state index is -0.536. The van der Waals surface area contributed by atoms with E-state index in [4.69, 9.17) is 14.2 Å². The molecule has 0 aliphatic heterocycles. The van der Waals surface area contributed by atoms with Gasteiger partial charge in [-0.25, -0.2) is 0 Å². The molecule has 0 aliphatic carbocycles. The molecule has 0 aliphatic rings. The van der Waals surface area contributed by atoms with Crippen molar-refractivity contribution in [3.63, 3.8) is 0 Å². The van der Waals surface area contributed by atoms with Crippen LogP contribution in [0.4, 0.5) is 11.4 Å². The van der Waals surface area contributed by atoms with Crippen molar-refractivity contribution in [2.45, 2.75) is 17.1 Å². The van der Waals surface area contributed by atoms with Crippen LogP contribution in [0.25, 0.3) is 6.08 Å². The highest BCUT2D eigenvalue weighted by atomic mass is 32.2. The quantitative estimate of drug-likeness (QED) is 0.128. The first-order chi connectivity index (χ1) is 21.3. The first-order valence-corrected chi connectivity index (χ1v) is 14.5. The van der Waals surface area contributed by atoms with E-state index < -0.39 is 11.8 Å².